The maximum absolute atomic E-state index is 12.7. The molecule has 0 aliphatic rings. The lowest BCUT2D eigenvalue weighted by Gasteiger charge is -2.12. The van der Waals surface area contributed by atoms with Gasteiger partial charge < -0.3 is 10.3 Å². The quantitative estimate of drug-likeness (QED) is 0.422. The van der Waals surface area contributed by atoms with Gasteiger partial charge in [-0.15, -0.1) is 0 Å². The zero-order chi connectivity index (χ0) is 20.7. The number of nitrogens with one attached hydrogen (secondary N) is 3. The minimum atomic E-state index is -0.241. The summed E-state index contributed by atoms with van der Waals surface area (Å²) in [7, 11) is 0. The number of nitrogens with zero attached hydrogens (tertiary/aromatic N) is 3. The number of hydrogen-bond donors (Lipinski definition) is 3. The van der Waals surface area contributed by atoms with Gasteiger partial charge in [-0.1, -0.05) is 30.3 Å². The van der Waals surface area contributed by atoms with Crippen LogP contribution in [0.5, 0.6) is 0 Å². The normalized spacial score (nSPS) is 12.3. The van der Waals surface area contributed by atoms with Crippen molar-refractivity contribution in [1.29, 1.82) is 0 Å². The molecule has 0 radical (unpaired) electrons. The Morgan fingerprint density at radius 2 is 1.90 bits per heavy atom. The van der Waals surface area contributed by atoms with Crippen molar-refractivity contribution in [3.63, 3.8) is 0 Å². The van der Waals surface area contributed by atoms with Crippen molar-refractivity contribution in [2.45, 2.75) is 19.9 Å². The summed E-state index contributed by atoms with van der Waals surface area (Å²) in [6, 6.07) is 17.5. The predicted octanol–water partition coefficient (Wildman–Crippen LogP) is 4.30. The summed E-state index contributed by atoms with van der Waals surface area (Å²) in [4.78, 5) is 24.6. The minimum absolute atomic E-state index is 0.118. The Balaban J connectivity index is 1.48. The fourth-order valence-electron chi connectivity index (χ4n) is 3.63. The molecule has 0 spiro atoms. The molecule has 0 fully saturated rings. The third-order valence-electron chi connectivity index (χ3n) is 5.20. The molecule has 1 unspecified atom stereocenters. The first kappa shape index (κ1) is 18.1. The lowest BCUT2D eigenvalue weighted by molar-refractivity contribution is 0.0930. The number of fused-ring (bicyclic) bond motifs is 2. The Hall–Kier alpha value is -4.00. The topological polar surface area (TPSA) is 99.3 Å². The molecule has 0 bridgehead atoms. The second-order valence-electron chi connectivity index (χ2n) is 7.36. The number of aryl methyl sites for hydroxylation is 1. The Morgan fingerprint density at radius 3 is 2.70 bits per heavy atom. The highest BCUT2D eigenvalue weighted by Gasteiger charge is 2.17. The molecule has 5 rings (SSSR count). The first-order valence-corrected chi connectivity index (χ1v) is 9.75. The zero-order valence-electron chi connectivity index (χ0n) is 16.6. The molecule has 0 aliphatic heterocycles. The smallest absolute Gasteiger partial charge is 0.287 e. The van der Waals surface area contributed by atoms with Crippen molar-refractivity contribution in [2.75, 3.05) is 0 Å². The number of aromatic amines is 2. The van der Waals surface area contributed by atoms with Crippen LogP contribution in [0, 0.1) is 6.92 Å². The van der Waals surface area contributed by atoms with E-state index in [9.17, 15) is 4.79 Å². The summed E-state index contributed by atoms with van der Waals surface area (Å²) in [6.45, 7) is 3.90. The molecule has 1 atom stereocenters. The van der Waals surface area contributed by atoms with Gasteiger partial charge in [-0.05, 0) is 43.7 Å². The molecule has 0 saturated carbocycles. The van der Waals surface area contributed by atoms with Gasteiger partial charge >= 0.3 is 0 Å². The average Bonchev–Trinajstić information content (AvgIpc) is 3.36. The van der Waals surface area contributed by atoms with Crippen LogP contribution < -0.4 is 5.32 Å². The first-order chi connectivity index (χ1) is 14.6. The predicted molar refractivity (Wildman–Crippen MR) is 116 cm³/mol. The standard InChI is InChI=1S/C23H20N6O/c1-13-10-16(8-9-24-13)21-17-11-19-20(12-18(17)28-29-21)27-22(26-19)23(30)25-14(2)15-6-4-3-5-7-15/h3-12,14H,1-2H3,(H,25,30)(H,26,27)(H,28,29). The van der Waals surface area contributed by atoms with E-state index in [2.05, 4.69) is 30.5 Å². The van der Waals surface area contributed by atoms with Crippen LogP contribution in [0.4, 0.5) is 0 Å². The third kappa shape index (κ3) is 3.20. The number of carbonyl (C=O) groups is 1. The molecule has 0 saturated heterocycles. The summed E-state index contributed by atoms with van der Waals surface area (Å²) in [5.74, 6) is 0.0454. The van der Waals surface area contributed by atoms with E-state index in [1.807, 2.05) is 68.4 Å². The molecule has 5 aromatic rings. The van der Waals surface area contributed by atoms with Gasteiger partial charge in [-0.3, -0.25) is 14.9 Å². The summed E-state index contributed by atoms with van der Waals surface area (Å²) < 4.78 is 0. The van der Waals surface area contributed by atoms with Crippen molar-refractivity contribution in [2.24, 2.45) is 0 Å². The molecule has 30 heavy (non-hydrogen) atoms. The average molecular weight is 396 g/mol. The van der Waals surface area contributed by atoms with E-state index < -0.39 is 0 Å². The van der Waals surface area contributed by atoms with Gasteiger partial charge in [0, 0.05) is 22.8 Å². The monoisotopic (exact) mass is 396 g/mol. The van der Waals surface area contributed by atoms with Crippen LogP contribution >= 0.6 is 0 Å². The number of H-pyrrole nitrogens is 2. The second-order valence-corrected chi connectivity index (χ2v) is 7.36. The number of rotatable bonds is 4. The molecule has 1 amide bonds. The van der Waals surface area contributed by atoms with Crippen molar-refractivity contribution in [1.82, 2.24) is 30.5 Å². The number of imidazole rings is 1. The molecule has 7 heteroatoms. The molecular formula is C23H20N6O. The van der Waals surface area contributed by atoms with Gasteiger partial charge in [-0.25, -0.2) is 4.98 Å². The van der Waals surface area contributed by atoms with E-state index in [0.717, 1.165) is 38.9 Å². The minimum Gasteiger partial charge on any atom is -0.343 e. The molecule has 0 aliphatic carbocycles. The number of pyridine rings is 1. The van der Waals surface area contributed by atoms with E-state index in [-0.39, 0.29) is 17.8 Å². The maximum atomic E-state index is 12.7. The zero-order valence-corrected chi connectivity index (χ0v) is 16.6. The highest BCUT2D eigenvalue weighted by Crippen LogP contribution is 2.29. The van der Waals surface area contributed by atoms with Crippen LogP contribution in [-0.2, 0) is 0 Å². The summed E-state index contributed by atoms with van der Waals surface area (Å²) in [5, 5.41) is 11.5. The lowest BCUT2D eigenvalue weighted by atomic mass is 10.1. The Labute approximate surface area is 172 Å². The highest BCUT2D eigenvalue weighted by atomic mass is 16.2. The number of carbonyl (C=O) groups excluding carboxylic acids is 1. The molecular weight excluding hydrogens is 376 g/mol. The molecule has 3 N–H and O–H groups in total. The number of amides is 1. The lowest BCUT2D eigenvalue weighted by Crippen LogP contribution is -2.27. The van der Waals surface area contributed by atoms with Gasteiger partial charge in [-0.2, -0.15) is 5.10 Å². The first-order valence-electron chi connectivity index (χ1n) is 9.75. The largest absolute Gasteiger partial charge is 0.343 e. The van der Waals surface area contributed by atoms with E-state index in [1.54, 1.807) is 6.20 Å². The summed E-state index contributed by atoms with van der Waals surface area (Å²) >= 11 is 0. The van der Waals surface area contributed by atoms with E-state index in [4.69, 9.17) is 0 Å². The van der Waals surface area contributed by atoms with Crippen LogP contribution in [0.25, 0.3) is 33.2 Å². The van der Waals surface area contributed by atoms with Crippen LogP contribution in [0.3, 0.4) is 0 Å². The fraction of sp³-hybridized carbons (Fsp3) is 0.130. The molecule has 3 aromatic heterocycles. The Bertz CT molecular complexity index is 1370. The van der Waals surface area contributed by atoms with Crippen LogP contribution in [-0.4, -0.2) is 31.1 Å². The number of aromatic nitrogens is 5. The molecule has 3 heterocycles. The Morgan fingerprint density at radius 1 is 1.07 bits per heavy atom. The van der Waals surface area contributed by atoms with Gasteiger partial charge in [0.25, 0.3) is 5.91 Å². The van der Waals surface area contributed by atoms with E-state index in [1.165, 1.54) is 0 Å². The SMILES string of the molecule is Cc1cc(-c2n[nH]c3cc4[nH]c(C(=O)NC(C)c5ccccc5)nc4cc23)ccn1. The molecule has 7 nitrogen and oxygen atoms in total. The maximum Gasteiger partial charge on any atom is 0.287 e. The van der Waals surface area contributed by atoms with Crippen molar-refractivity contribution >= 4 is 27.8 Å². The van der Waals surface area contributed by atoms with Gasteiger partial charge in [0.2, 0.25) is 0 Å². The fourth-order valence-corrected chi connectivity index (χ4v) is 3.63. The second kappa shape index (κ2) is 7.11. The summed E-state index contributed by atoms with van der Waals surface area (Å²) in [5.41, 5.74) is 6.16. The van der Waals surface area contributed by atoms with Gasteiger partial charge in [0.15, 0.2) is 5.82 Å². The summed E-state index contributed by atoms with van der Waals surface area (Å²) in [6.07, 6.45) is 1.77. The number of hydrogen-bond acceptors (Lipinski definition) is 4. The van der Waals surface area contributed by atoms with Crippen molar-refractivity contribution < 1.29 is 4.79 Å². The van der Waals surface area contributed by atoms with Crippen LogP contribution in [0.2, 0.25) is 0 Å². The third-order valence-corrected chi connectivity index (χ3v) is 5.20. The van der Waals surface area contributed by atoms with E-state index in [0.29, 0.717) is 5.52 Å². The van der Waals surface area contributed by atoms with Crippen LogP contribution in [0.15, 0.2) is 60.8 Å². The highest BCUT2D eigenvalue weighted by molar-refractivity contribution is 6.02. The number of benzene rings is 2. The van der Waals surface area contributed by atoms with Gasteiger partial charge in [0.05, 0.1) is 22.6 Å². The molecule has 148 valence electrons. The van der Waals surface area contributed by atoms with Crippen molar-refractivity contribution in [3.8, 4) is 11.3 Å². The van der Waals surface area contributed by atoms with E-state index >= 15 is 0 Å². The van der Waals surface area contributed by atoms with Gasteiger partial charge in [0.1, 0.15) is 5.69 Å². The van der Waals surface area contributed by atoms with Crippen LogP contribution in [0.1, 0.15) is 34.8 Å². The Kier molecular flexibility index (Phi) is 4.28. The van der Waals surface area contributed by atoms with Crippen molar-refractivity contribution in [3.05, 3.63) is 77.9 Å². The molecule has 2 aromatic carbocycles.